The van der Waals surface area contributed by atoms with E-state index in [1.807, 2.05) is 4.72 Å². The molecule has 1 atom stereocenters. The zero-order valence-corrected chi connectivity index (χ0v) is 11.8. The quantitative estimate of drug-likeness (QED) is 0.493. The van der Waals surface area contributed by atoms with Crippen molar-refractivity contribution in [2.75, 3.05) is 16.4 Å². The van der Waals surface area contributed by atoms with Gasteiger partial charge in [0.25, 0.3) is 0 Å². The van der Waals surface area contributed by atoms with Crippen molar-refractivity contribution in [3.05, 3.63) is 33.9 Å². The number of hydrogen-bond acceptors (Lipinski definition) is 4. The average Bonchev–Trinajstić information content (AvgIpc) is 2.31. The van der Waals surface area contributed by atoms with Crippen LogP contribution in [-0.2, 0) is 10.0 Å². The first-order chi connectivity index (χ1) is 9.16. The molecule has 0 saturated carbocycles. The molecule has 1 N–H and O–H groups in total. The van der Waals surface area contributed by atoms with E-state index in [0.29, 0.717) is 6.07 Å². The normalized spacial score (nSPS) is 13.0. The van der Waals surface area contributed by atoms with Gasteiger partial charge in [-0.25, -0.2) is 12.8 Å². The van der Waals surface area contributed by atoms with Crippen LogP contribution in [0.2, 0.25) is 0 Å². The van der Waals surface area contributed by atoms with E-state index >= 15 is 0 Å². The van der Waals surface area contributed by atoms with Crippen molar-refractivity contribution in [1.29, 1.82) is 0 Å². The molecule has 112 valence electrons. The minimum Gasteiger partial charge on any atom is -0.280 e. The average molecular weight is 329 g/mol. The molecule has 1 aromatic carbocycles. The van der Waals surface area contributed by atoms with Gasteiger partial charge in [0, 0.05) is 18.0 Å². The highest BCUT2D eigenvalue weighted by Crippen LogP contribution is 2.26. The van der Waals surface area contributed by atoms with Crippen LogP contribution in [0.1, 0.15) is 6.92 Å². The molecule has 1 rings (SSSR count). The molecule has 0 radical (unpaired) electrons. The molecule has 0 heterocycles. The fraction of sp³-hybridized carbons (Fsp3) is 0.400. The van der Waals surface area contributed by atoms with E-state index in [2.05, 4.69) is 0 Å². The molecule has 10 heteroatoms. The summed E-state index contributed by atoms with van der Waals surface area (Å²) < 4.78 is 51.7. The van der Waals surface area contributed by atoms with Gasteiger partial charge in [-0.2, -0.15) is 4.39 Å². The Hall–Kier alpha value is -1.48. The number of nitro groups is 1. The second-order valence-electron chi connectivity index (χ2n) is 4.18. The highest BCUT2D eigenvalue weighted by atomic mass is 35.5. The Balaban J connectivity index is 3.09. The second kappa shape index (κ2) is 6.31. The SMILES string of the molecule is CC(CCl)CS(=O)(=O)Nc1cc([N+](=O)[O-])c(F)cc1F. The van der Waals surface area contributed by atoms with Crippen LogP contribution < -0.4 is 4.72 Å². The van der Waals surface area contributed by atoms with Crippen LogP contribution in [0.3, 0.4) is 0 Å². The smallest absolute Gasteiger partial charge is 0.280 e. The number of benzene rings is 1. The van der Waals surface area contributed by atoms with Gasteiger partial charge in [-0.1, -0.05) is 6.92 Å². The Labute approximate surface area is 118 Å². The lowest BCUT2D eigenvalue weighted by Gasteiger charge is -2.11. The minimum absolute atomic E-state index is 0.0763. The molecule has 0 fully saturated rings. The van der Waals surface area contributed by atoms with Gasteiger partial charge < -0.3 is 0 Å². The molecule has 0 amide bonds. The Morgan fingerprint density at radius 3 is 2.50 bits per heavy atom. The van der Waals surface area contributed by atoms with Crippen molar-refractivity contribution in [3.8, 4) is 0 Å². The molecule has 0 spiro atoms. The summed E-state index contributed by atoms with van der Waals surface area (Å²) in [6.07, 6.45) is 0. The van der Waals surface area contributed by atoms with E-state index in [9.17, 15) is 27.3 Å². The molecule has 0 aliphatic rings. The monoisotopic (exact) mass is 328 g/mol. The summed E-state index contributed by atoms with van der Waals surface area (Å²) in [5.74, 6) is -3.33. The maximum absolute atomic E-state index is 13.4. The summed E-state index contributed by atoms with van der Waals surface area (Å²) in [7, 11) is -3.94. The van der Waals surface area contributed by atoms with Crippen LogP contribution in [0.4, 0.5) is 20.2 Å². The molecule has 20 heavy (non-hydrogen) atoms. The van der Waals surface area contributed by atoms with E-state index in [-0.39, 0.29) is 17.7 Å². The largest absolute Gasteiger partial charge is 0.307 e. The first kappa shape index (κ1) is 16.6. The topological polar surface area (TPSA) is 89.3 Å². The lowest BCUT2D eigenvalue weighted by atomic mass is 10.2. The summed E-state index contributed by atoms with van der Waals surface area (Å²) in [4.78, 5) is 9.45. The van der Waals surface area contributed by atoms with Crippen molar-refractivity contribution in [1.82, 2.24) is 0 Å². The fourth-order valence-corrected chi connectivity index (χ4v) is 3.06. The van der Waals surface area contributed by atoms with Gasteiger partial charge in [-0.3, -0.25) is 14.8 Å². The van der Waals surface area contributed by atoms with Crippen LogP contribution in [0.15, 0.2) is 12.1 Å². The molecule has 0 aromatic heterocycles. The third-order valence-electron chi connectivity index (χ3n) is 2.27. The number of nitrogens with one attached hydrogen (secondary N) is 1. The van der Waals surface area contributed by atoms with Crippen LogP contribution in [0.5, 0.6) is 0 Å². The predicted molar refractivity (Wildman–Crippen MR) is 70.3 cm³/mol. The van der Waals surface area contributed by atoms with Gasteiger partial charge in [0.15, 0.2) is 5.82 Å². The molecule has 6 nitrogen and oxygen atoms in total. The van der Waals surface area contributed by atoms with Crippen molar-refractivity contribution in [2.24, 2.45) is 5.92 Å². The Morgan fingerprint density at radius 2 is 2.00 bits per heavy atom. The number of halogens is 3. The molecule has 0 bridgehead atoms. The summed E-state index contributed by atoms with van der Waals surface area (Å²) in [6, 6.07) is 0.745. The first-order valence-corrected chi connectivity index (χ1v) is 7.55. The number of nitrogens with zero attached hydrogens (tertiary/aromatic N) is 1. The molecule has 0 aliphatic carbocycles. The lowest BCUT2D eigenvalue weighted by Crippen LogP contribution is -2.22. The van der Waals surface area contributed by atoms with E-state index in [1.165, 1.54) is 0 Å². The lowest BCUT2D eigenvalue weighted by molar-refractivity contribution is -0.387. The molecule has 0 saturated heterocycles. The van der Waals surface area contributed by atoms with Gasteiger partial charge in [0.05, 0.1) is 16.4 Å². The summed E-state index contributed by atoms with van der Waals surface area (Å²) in [5.41, 5.74) is -1.70. The Morgan fingerprint density at radius 1 is 1.40 bits per heavy atom. The Kier molecular flexibility index (Phi) is 5.23. The molecule has 1 aromatic rings. The number of alkyl halides is 1. The Bertz CT molecular complexity index is 624. The summed E-state index contributed by atoms with van der Waals surface area (Å²) >= 11 is 5.47. The van der Waals surface area contributed by atoms with Crippen LogP contribution in [0.25, 0.3) is 0 Å². The van der Waals surface area contributed by atoms with Crippen LogP contribution in [0, 0.1) is 27.7 Å². The maximum Gasteiger partial charge on any atom is 0.307 e. The van der Waals surface area contributed by atoms with Gasteiger partial charge >= 0.3 is 5.69 Å². The second-order valence-corrected chi connectivity index (χ2v) is 6.26. The summed E-state index contributed by atoms with van der Waals surface area (Å²) in [6.45, 7) is 1.57. The first-order valence-electron chi connectivity index (χ1n) is 5.36. The van der Waals surface area contributed by atoms with Gasteiger partial charge in [0.1, 0.15) is 0 Å². The third kappa shape index (κ3) is 4.27. The summed E-state index contributed by atoms with van der Waals surface area (Å²) in [5, 5.41) is 10.5. The van der Waals surface area contributed by atoms with Crippen molar-refractivity contribution in [2.45, 2.75) is 6.92 Å². The van der Waals surface area contributed by atoms with E-state index in [1.54, 1.807) is 6.92 Å². The number of sulfonamides is 1. The molecule has 0 aliphatic heterocycles. The van der Waals surface area contributed by atoms with E-state index in [0.717, 1.165) is 0 Å². The van der Waals surface area contributed by atoms with Crippen molar-refractivity contribution in [3.63, 3.8) is 0 Å². The van der Waals surface area contributed by atoms with E-state index < -0.39 is 43.9 Å². The number of anilines is 1. The number of nitro benzene ring substituents is 1. The number of hydrogen-bond donors (Lipinski definition) is 1. The minimum atomic E-state index is -3.94. The molecular weight excluding hydrogens is 318 g/mol. The van der Waals surface area contributed by atoms with Gasteiger partial charge in [-0.15, -0.1) is 11.6 Å². The zero-order valence-electron chi connectivity index (χ0n) is 10.3. The van der Waals surface area contributed by atoms with Gasteiger partial charge in [0.2, 0.25) is 15.8 Å². The highest BCUT2D eigenvalue weighted by molar-refractivity contribution is 7.92. The maximum atomic E-state index is 13.4. The highest BCUT2D eigenvalue weighted by Gasteiger charge is 2.22. The standard InChI is InChI=1S/C10H11ClF2N2O4S/c1-6(4-11)5-20(18,19)14-9-3-10(15(16)17)8(13)2-7(9)12/h2-3,6,14H,4-5H2,1H3. The van der Waals surface area contributed by atoms with Crippen LogP contribution in [-0.4, -0.2) is 25.0 Å². The molecule has 1 unspecified atom stereocenters. The van der Waals surface area contributed by atoms with Crippen LogP contribution >= 0.6 is 11.6 Å². The van der Waals surface area contributed by atoms with E-state index in [4.69, 9.17) is 11.6 Å². The van der Waals surface area contributed by atoms with Crippen molar-refractivity contribution >= 4 is 33.0 Å². The zero-order chi connectivity index (χ0) is 15.5. The predicted octanol–water partition coefficient (Wildman–Crippen LogP) is 2.49. The molecular formula is C10H11ClF2N2O4S. The van der Waals surface area contributed by atoms with Gasteiger partial charge in [-0.05, 0) is 5.92 Å². The fourth-order valence-electron chi connectivity index (χ4n) is 1.38. The third-order valence-corrected chi connectivity index (χ3v) is 4.33. The van der Waals surface area contributed by atoms with Crippen molar-refractivity contribution < 1.29 is 22.1 Å². The number of rotatable bonds is 6.